The van der Waals surface area contributed by atoms with Crippen LogP contribution in [0.2, 0.25) is 0 Å². The van der Waals surface area contributed by atoms with Crippen LogP contribution in [0.3, 0.4) is 0 Å². The van der Waals surface area contributed by atoms with Gasteiger partial charge in [-0.05, 0) is 12.8 Å². The van der Waals surface area contributed by atoms with Gasteiger partial charge in [-0.3, -0.25) is 14.4 Å². The first kappa shape index (κ1) is 25.7. The molecule has 162 valence electrons. The largest absolute Gasteiger partial charge is 0.453 e. The summed E-state index contributed by atoms with van der Waals surface area (Å²) in [5, 5.41) is 7.94. The molecule has 0 spiro atoms. The van der Waals surface area contributed by atoms with Gasteiger partial charge in [-0.1, -0.05) is 39.5 Å². The molecule has 0 aromatic rings. The van der Waals surface area contributed by atoms with Crippen molar-refractivity contribution in [2.45, 2.75) is 58.8 Å². The highest BCUT2D eigenvalue weighted by molar-refractivity contribution is 5.89. The lowest BCUT2D eigenvalue weighted by molar-refractivity contribution is -0.139. The van der Waals surface area contributed by atoms with Crippen molar-refractivity contribution in [2.75, 3.05) is 39.8 Å². The Hall–Kier alpha value is -2.32. The molecule has 0 saturated carbocycles. The van der Waals surface area contributed by atoms with E-state index in [-0.39, 0.29) is 43.8 Å². The van der Waals surface area contributed by atoms with Gasteiger partial charge < -0.3 is 25.6 Å². The van der Waals surface area contributed by atoms with Crippen LogP contribution in [0.15, 0.2) is 0 Å². The van der Waals surface area contributed by atoms with E-state index in [2.05, 4.69) is 34.5 Å². The number of amides is 4. The normalized spacial score (nSPS) is 10.1. The summed E-state index contributed by atoms with van der Waals surface area (Å²) in [6, 6.07) is 0. The van der Waals surface area contributed by atoms with Crippen LogP contribution in [-0.2, 0) is 19.1 Å². The molecule has 0 aromatic heterocycles. The molecule has 0 fully saturated rings. The molecule has 0 aromatic carbocycles. The number of nitrogens with zero attached hydrogens (tertiary/aromatic N) is 1. The molecular formula is C19H36N4O5. The standard InChI is InChI=1S/C19H36N4O5/c1-4-6-8-11-20-16(24)14-23(15-17(25)21-12-9-7-5-2)18(26)10-13-22-19(27)28-3/h4-15H2,1-3H3,(H,20,24)(H,21,25)(H,22,27). The molecule has 0 saturated heterocycles. The van der Waals surface area contributed by atoms with E-state index >= 15 is 0 Å². The fourth-order valence-corrected chi connectivity index (χ4v) is 2.40. The van der Waals surface area contributed by atoms with Crippen molar-refractivity contribution in [1.29, 1.82) is 0 Å². The lowest BCUT2D eigenvalue weighted by Gasteiger charge is -2.22. The van der Waals surface area contributed by atoms with Gasteiger partial charge in [0.1, 0.15) is 13.1 Å². The van der Waals surface area contributed by atoms with Gasteiger partial charge in [-0.2, -0.15) is 0 Å². The van der Waals surface area contributed by atoms with E-state index in [0.29, 0.717) is 13.1 Å². The molecule has 28 heavy (non-hydrogen) atoms. The highest BCUT2D eigenvalue weighted by Gasteiger charge is 2.20. The summed E-state index contributed by atoms with van der Waals surface area (Å²) in [6.07, 6.45) is 5.21. The molecule has 3 N–H and O–H groups in total. The molecule has 0 aliphatic heterocycles. The number of carbonyl (C=O) groups is 4. The fourth-order valence-electron chi connectivity index (χ4n) is 2.40. The topological polar surface area (TPSA) is 117 Å². The summed E-state index contributed by atoms with van der Waals surface area (Å²) in [6.45, 7) is 4.92. The van der Waals surface area contributed by atoms with E-state index in [1.165, 1.54) is 12.0 Å². The Labute approximate surface area is 167 Å². The molecular weight excluding hydrogens is 364 g/mol. The van der Waals surface area contributed by atoms with Crippen molar-refractivity contribution >= 4 is 23.8 Å². The summed E-state index contributed by atoms with van der Waals surface area (Å²) >= 11 is 0. The average molecular weight is 401 g/mol. The van der Waals surface area contributed by atoms with Crippen LogP contribution in [0.4, 0.5) is 4.79 Å². The van der Waals surface area contributed by atoms with Gasteiger partial charge in [-0.15, -0.1) is 0 Å². The Bertz CT molecular complexity index is 459. The van der Waals surface area contributed by atoms with Crippen molar-refractivity contribution in [3.8, 4) is 0 Å². The Morgan fingerprint density at radius 1 is 0.750 bits per heavy atom. The highest BCUT2D eigenvalue weighted by Crippen LogP contribution is 1.97. The molecule has 9 heteroatoms. The van der Waals surface area contributed by atoms with Crippen LogP contribution in [-0.4, -0.2) is 68.5 Å². The molecule has 0 atom stereocenters. The first-order valence-electron chi connectivity index (χ1n) is 10.1. The summed E-state index contributed by atoms with van der Waals surface area (Å²) in [5.74, 6) is -0.989. The number of unbranched alkanes of at least 4 members (excludes halogenated alkanes) is 4. The zero-order valence-corrected chi connectivity index (χ0v) is 17.5. The number of hydrogen-bond acceptors (Lipinski definition) is 5. The monoisotopic (exact) mass is 400 g/mol. The first-order valence-corrected chi connectivity index (χ1v) is 10.1. The summed E-state index contributed by atoms with van der Waals surface area (Å²) in [4.78, 5) is 48.9. The minimum absolute atomic E-state index is 0.0265. The molecule has 0 aliphatic rings. The highest BCUT2D eigenvalue weighted by atomic mass is 16.5. The summed E-state index contributed by atoms with van der Waals surface area (Å²) in [7, 11) is 1.23. The van der Waals surface area contributed by atoms with Crippen molar-refractivity contribution in [2.24, 2.45) is 0 Å². The second-order valence-electron chi connectivity index (χ2n) is 6.53. The second-order valence-corrected chi connectivity index (χ2v) is 6.53. The number of hydrogen-bond donors (Lipinski definition) is 3. The maximum atomic E-state index is 12.4. The Kier molecular flexibility index (Phi) is 15.4. The van der Waals surface area contributed by atoms with Gasteiger partial charge in [-0.25, -0.2) is 4.79 Å². The van der Waals surface area contributed by atoms with Crippen LogP contribution in [0, 0.1) is 0 Å². The van der Waals surface area contributed by atoms with E-state index in [1.807, 2.05) is 0 Å². The molecule has 0 bridgehead atoms. The lowest BCUT2D eigenvalue weighted by atomic mass is 10.2. The van der Waals surface area contributed by atoms with Crippen molar-refractivity contribution in [3.05, 3.63) is 0 Å². The third-order valence-corrected chi connectivity index (χ3v) is 4.02. The molecule has 4 amide bonds. The van der Waals surface area contributed by atoms with Crippen LogP contribution >= 0.6 is 0 Å². The predicted molar refractivity (Wildman–Crippen MR) is 107 cm³/mol. The fraction of sp³-hybridized carbons (Fsp3) is 0.789. The summed E-state index contributed by atoms with van der Waals surface area (Å²) < 4.78 is 4.45. The smallest absolute Gasteiger partial charge is 0.406 e. The van der Waals surface area contributed by atoms with Crippen LogP contribution < -0.4 is 16.0 Å². The zero-order chi connectivity index (χ0) is 21.2. The third kappa shape index (κ3) is 13.8. The summed E-state index contributed by atoms with van der Waals surface area (Å²) in [5.41, 5.74) is 0. The van der Waals surface area contributed by atoms with Gasteiger partial charge in [0.2, 0.25) is 17.7 Å². The molecule has 0 radical (unpaired) electrons. The van der Waals surface area contributed by atoms with E-state index in [1.54, 1.807) is 0 Å². The van der Waals surface area contributed by atoms with Crippen LogP contribution in [0.5, 0.6) is 0 Å². The van der Waals surface area contributed by atoms with Crippen LogP contribution in [0.1, 0.15) is 58.8 Å². The predicted octanol–water partition coefficient (Wildman–Crippen LogP) is 1.17. The van der Waals surface area contributed by atoms with Gasteiger partial charge in [0.15, 0.2) is 0 Å². The zero-order valence-electron chi connectivity index (χ0n) is 17.5. The molecule has 0 unspecified atom stereocenters. The van der Waals surface area contributed by atoms with Gasteiger partial charge in [0.25, 0.3) is 0 Å². The van der Waals surface area contributed by atoms with E-state index < -0.39 is 6.09 Å². The number of ether oxygens (including phenoxy) is 1. The van der Waals surface area contributed by atoms with Crippen LogP contribution in [0.25, 0.3) is 0 Å². The Morgan fingerprint density at radius 2 is 1.25 bits per heavy atom. The molecule has 0 heterocycles. The second kappa shape index (κ2) is 16.8. The van der Waals surface area contributed by atoms with Crippen molar-refractivity contribution in [3.63, 3.8) is 0 Å². The number of nitrogens with one attached hydrogen (secondary N) is 3. The molecule has 9 nitrogen and oxygen atoms in total. The average Bonchev–Trinajstić information content (AvgIpc) is 2.67. The minimum Gasteiger partial charge on any atom is -0.453 e. The van der Waals surface area contributed by atoms with Gasteiger partial charge in [0, 0.05) is 26.1 Å². The first-order chi connectivity index (χ1) is 13.4. The van der Waals surface area contributed by atoms with E-state index in [0.717, 1.165) is 38.5 Å². The molecule has 0 rings (SSSR count). The van der Waals surface area contributed by atoms with E-state index in [9.17, 15) is 19.2 Å². The number of alkyl carbamates (subject to hydrolysis) is 1. The number of rotatable bonds is 15. The minimum atomic E-state index is -0.637. The maximum absolute atomic E-state index is 12.4. The lowest BCUT2D eigenvalue weighted by Crippen LogP contribution is -2.46. The molecule has 0 aliphatic carbocycles. The van der Waals surface area contributed by atoms with Gasteiger partial charge >= 0.3 is 6.09 Å². The van der Waals surface area contributed by atoms with Gasteiger partial charge in [0.05, 0.1) is 7.11 Å². The van der Waals surface area contributed by atoms with E-state index in [4.69, 9.17) is 0 Å². The SMILES string of the molecule is CCCCCNC(=O)CN(CC(=O)NCCCCC)C(=O)CCNC(=O)OC. The quantitative estimate of drug-likeness (QED) is 0.357. The Balaban J connectivity index is 4.58. The van der Waals surface area contributed by atoms with Crippen molar-refractivity contribution in [1.82, 2.24) is 20.9 Å². The number of carbonyl (C=O) groups excluding carboxylic acids is 4. The third-order valence-electron chi connectivity index (χ3n) is 4.02. The van der Waals surface area contributed by atoms with Crippen molar-refractivity contribution < 1.29 is 23.9 Å². The Morgan fingerprint density at radius 3 is 1.68 bits per heavy atom. The number of methoxy groups -OCH3 is 1. The maximum Gasteiger partial charge on any atom is 0.406 e.